The lowest BCUT2D eigenvalue weighted by Gasteiger charge is -2.32. The molecule has 0 aromatic carbocycles. The van der Waals surface area contributed by atoms with Gasteiger partial charge in [-0.25, -0.2) is 0 Å². The number of aromatic nitrogens is 2. The number of amides is 1. The predicted octanol–water partition coefficient (Wildman–Crippen LogP) is 1.99. The standard InChI is InChI=1S/C16H28N4O/c1-12-9-18-20(11-12)14(3)13(2)17-10-16-5-7-19(8-6-16)15(4)21/h9,11,13-14,16-17H,5-8,10H2,1-4H3/t13-,14+/m0/s1. The van der Waals surface area contributed by atoms with Crippen LogP contribution in [0, 0.1) is 12.8 Å². The zero-order valence-electron chi connectivity index (χ0n) is 13.7. The van der Waals surface area contributed by atoms with Crippen molar-refractivity contribution >= 4 is 5.91 Å². The van der Waals surface area contributed by atoms with Gasteiger partial charge in [0.2, 0.25) is 5.91 Å². The van der Waals surface area contributed by atoms with Crippen LogP contribution in [0.3, 0.4) is 0 Å². The van der Waals surface area contributed by atoms with Gasteiger partial charge in [-0.05, 0) is 51.6 Å². The number of aryl methyl sites for hydroxylation is 1. The molecule has 5 heteroatoms. The van der Waals surface area contributed by atoms with E-state index >= 15 is 0 Å². The van der Waals surface area contributed by atoms with Gasteiger partial charge >= 0.3 is 0 Å². The topological polar surface area (TPSA) is 50.2 Å². The minimum atomic E-state index is 0.206. The van der Waals surface area contributed by atoms with Gasteiger partial charge < -0.3 is 10.2 Å². The highest BCUT2D eigenvalue weighted by atomic mass is 16.2. The van der Waals surface area contributed by atoms with Crippen LogP contribution in [0.2, 0.25) is 0 Å². The van der Waals surface area contributed by atoms with Gasteiger partial charge in [-0.15, -0.1) is 0 Å². The smallest absolute Gasteiger partial charge is 0.219 e. The second-order valence-electron chi connectivity index (χ2n) is 6.38. The summed E-state index contributed by atoms with van der Waals surface area (Å²) in [4.78, 5) is 13.3. The quantitative estimate of drug-likeness (QED) is 0.903. The summed E-state index contributed by atoms with van der Waals surface area (Å²) in [6, 6.07) is 0.728. The molecule has 0 unspecified atom stereocenters. The number of carbonyl (C=O) groups is 1. The van der Waals surface area contributed by atoms with E-state index in [4.69, 9.17) is 0 Å². The molecule has 0 saturated carbocycles. The van der Waals surface area contributed by atoms with Crippen LogP contribution >= 0.6 is 0 Å². The summed E-state index contributed by atoms with van der Waals surface area (Å²) in [6.07, 6.45) is 6.21. The lowest BCUT2D eigenvalue weighted by Crippen LogP contribution is -2.42. The first-order valence-corrected chi connectivity index (χ1v) is 7.97. The SMILES string of the molecule is CC(=O)N1CCC(CN[C@@H](C)[C@@H](C)n2cc(C)cn2)CC1. The van der Waals surface area contributed by atoms with Gasteiger partial charge in [0, 0.05) is 32.3 Å². The molecule has 0 bridgehead atoms. The number of piperidine rings is 1. The number of nitrogens with one attached hydrogen (secondary N) is 1. The molecule has 1 N–H and O–H groups in total. The molecule has 2 rings (SSSR count). The molecule has 1 saturated heterocycles. The second kappa shape index (κ2) is 7.07. The fourth-order valence-corrected chi connectivity index (χ4v) is 2.86. The third-order valence-corrected chi connectivity index (χ3v) is 4.66. The van der Waals surface area contributed by atoms with E-state index in [1.165, 1.54) is 5.56 Å². The lowest BCUT2D eigenvalue weighted by molar-refractivity contribution is -0.130. The summed E-state index contributed by atoms with van der Waals surface area (Å²) in [7, 11) is 0. The maximum absolute atomic E-state index is 11.3. The first kappa shape index (κ1) is 16.0. The van der Waals surface area contributed by atoms with Crippen molar-refractivity contribution in [3.8, 4) is 0 Å². The number of likely N-dealkylation sites (tertiary alicyclic amines) is 1. The van der Waals surface area contributed by atoms with Crippen LogP contribution in [0.15, 0.2) is 12.4 Å². The Kier molecular flexibility index (Phi) is 5.39. The largest absolute Gasteiger partial charge is 0.343 e. The highest BCUT2D eigenvalue weighted by molar-refractivity contribution is 5.73. The number of carbonyl (C=O) groups excluding carboxylic acids is 1. The molecule has 0 aliphatic carbocycles. The van der Waals surface area contributed by atoms with E-state index in [9.17, 15) is 4.79 Å². The Bertz CT molecular complexity index is 463. The van der Waals surface area contributed by atoms with Crippen molar-refractivity contribution in [1.82, 2.24) is 20.0 Å². The summed E-state index contributed by atoms with van der Waals surface area (Å²) < 4.78 is 2.03. The van der Waals surface area contributed by atoms with Crippen molar-refractivity contribution in [2.45, 2.75) is 52.6 Å². The molecule has 0 spiro atoms. The summed E-state index contributed by atoms with van der Waals surface area (Å²) in [5, 5.41) is 8.03. The Morgan fingerprint density at radius 3 is 2.62 bits per heavy atom. The number of nitrogens with zero attached hydrogens (tertiary/aromatic N) is 3. The van der Waals surface area contributed by atoms with Crippen LogP contribution in [-0.4, -0.2) is 46.3 Å². The van der Waals surface area contributed by atoms with Crippen LogP contribution < -0.4 is 5.32 Å². The predicted molar refractivity (Wildman–Crippen MR) is 84.1 cm³/mol. The van der Waals surface area contributed by atoms with Crippen LogP contribution in [-0.2, 0) is 4.79 Å². The highest BCUT2D eigenvalue weighted by Crippen LogP contribution is 2.18. The fraction of sp³-hybridized carbons (Fsp3) is 0.750. The van der Waals surface area contributed by atoms with E-state index in [1.807, 2.05) is 15.8 Å². The summed E-state index contributed by atoms with van der Waals surface area (Å²) >= 11 is 0. The Hall–Kier alpha value is -1.36. The van der Waals surface area contributed by atoms with E-state index in [-0.39, 0.29) is 5.91 Å². The maximum Gasteiger partial charge on any atom is 0.219 e. The zero-order chi connectivity index (χ0) is 15.4. The van der Waals surface area contributed by atoms with Gasteiger partial charge in [0.25, 0.3) is 0 Å². The first-order valence-electron chi connectivity index (χ1n) is 7.97. The van der Waals surface area contributed by atoms with Gasteiger partial charge in [0.15, 0.2) is 0 Å². The van der Waals surface area contributed by atoms with E-state index in [2.05, 4.69) is 37.4 Å². The summed E-state index contributed by atoms with van der Waals surface area (Å²) in [6.45, 7) is 11.0. The van der Waals surface area contributed by atoms with Crippen molar-refractivity contribution in [3.05, 3.63) is 18.0 Å². The molecular formula is C16H28N4O. The number of rotatable bonds is 5. The molecule has 2 heterocycles. The number of hydrogen-bond donors (Lipinski definition) is 1. The van der Waals surface area contributed by atoms with Crippen molar-refractivity contribution in [1.29, 1.82) is 0 Å². The van der Waals surface area contributed by atoms with Crippen LogP contribution in [0.1, 0.15) is 45.2 Å². The highest BCUT2D eigenvalue weighted by Gasteiger charge is 2.22. The normalized spacial score (nSPS) is 19.5. The molecule has 5 nitrogen and oxygen atoms in total. The summed E-state index contributed by atoms with van der Waals surface area (Å²) in [5.41, 5.74) is 1.20. The molecular weight excluding hydrogens is 264 g/mol. The Morgan fingerprint density at radius 1 is 1.43 bits per heavy atom. The molecule has 2 atom stereocenters. The van der Waals surface area contributed by atoms with E-state index in [0.717, 1.165) is 32.5 Å². The fourth-order valence-electron chi connectivity index (χ4n) is 2.86. The van der Waals surface area contributed by atoms with Gasteiger partial charge in [0.05, 0.1) is 12.2 Å². The lowest BCUT2D eigenvalue weighted by atomic mass is 9.96. The molecule has 1 aromatic heterocycles. The van der Waals surface area contributed by atoms with Gasteiger partial charge in [-0.3, -0.25) is 9.48 Å². The van der Waals surface area contributed by atoms with Crippen LogP contribution in [0.4, 0.5) is 0 Å². The minimum absolute atomic E-state index is 0.206. The first-order chi connectivity index (χ1) is 9.97. The van der Waals surface area contributed by atoms with Crippen molar-refractivity contribution in [2.75, 3.05) is 19.6 Å². The van der Waals surface area contributed by atoms with E-state index in [1.54, 1.807) is 6.92 Å². The van der Waals surface area contributed by atoms with Gasteiger partial charge in [0.1, 0.15) is 0 Å². The van der Waals surface area contributed by atoms with Gasteiger partial charge in [-0.1, -0.05) is 0 Å². The zero-order valence-corrected chi connectivity index (χ0v) is 13.7. The van der Waals surface area contributed by atoms with Crippen molar-refractivity contribution in [3.63, 3.8) is 0 Å². The monoisotopic (exact) mass is 292 g/mol. The average Bonchev–Trinajstić information content (AvgIpc) is 2.91. The maximum atomic E-state index is 11.3. The summed E-state index contributed by atoms with van der Waals surface area (Å²) in [5.74, 6) is 0.882. The van der Waals surface area contributed by atoms with Crippen molar-refractivity contribution in [2.24, 2.45) is 5.92 Å². The van der Waals surface area contributed by atoms with Gasteiger partial charge in [-0.2, -0.15) is 5.10 Å². The van der Waals surface area contributed by atoms with Crippen molar-refractivity contribution < 1.29 is 4.79 Å². The number of hydrogen-bond acceptors (Lipinski definition) is 3. The van der Waals surface area contributed by atoms with Crippen LogP contribution in [0.5, 0.6) is 0 Å². The average molecular weight is 292 g/mol. The molecule has 1 aliphatic heterocycles. The molecule has 21 heavy (non-hydrogen) atoms. The third kappa shape index (κ3) is 4.30. The Labute approximate surface area is 127 Å². The molecule has 1 aliphatic rings. The third-order valence-electron chi connectivity index (χ3n) is 4.66. The molecule has 1 aromatic rings. The molecule has 1 amide bonds. The molecule has 118 valence electrons. The molecule has 1 fully saturated rings. The Balaban J connectivity index is 1.74. The Morgan fingerprint density at radius 2 is 2.10 bits per heavy atom. The minimum Gasteiger partial charge on any atom is -0.343 e. The van der Waals surface area contributed by atoms with E-state index < -0.39 is 0 Å². The molecule has 0 radical (unpaired) electrons. The van der Waals surface area contributed by atoms with Crippen LogP contribution in [0.25, 0.3) is 0 Å². The second-order valence-corrected chi connectivity index (χ2v) is 6.38. The van der Waals surface area contributed by atoms with E-state index in [0.29, 0.717) is 18.0 Å².